The predicted octanol–water partition coefficient (Wildman–Crippen LogP) is 3.61. The minimum Gasteiger partial charge on any atom is -0.371 e. The van der Waals surface area contributed by atoms with Crippen LogP contribution in [0.4, 0.5) is 5.69 Å². The quantitative estimate of drug-likeness (QED) is 0.884. The molecule has 2 rings (SSSR count). The summed E-state index contributed by atoms with van der Waals surface area (Å²) in [6.07, 6.45) is 3.96. The third-order valence-electron chi connectivity index (χ3n) is 3.60. The van der Waals surface area contributed by atoms with Gasteiger partial charge >= 0.3 is 0 Å². The first-order chi connectivity index (χ1) is 8.22. The van der Waals surface area contributed by atoms with Gasteiger partial charge in [-0.15, -0.1) is 0 Å². The van der Waals surface area contributed by atoms with Crippen LogP contribution in [0.25, 0.3) is 0 Å². The van der Waals surface area contributed by atoms with E-state index in [0.717, 1.165) is 18.1 Å². The molecule has 3 heteroatoms. The average molecular weight is 253 g/mol. The zero-order valence-corrected chi connectivity index (χ0v) is 11.4. The molecule has 0 aliphatic carbocycles. The van der Waals surface area contributed by atoms with Gasteiger partial charge in [0.2, 0.25) is 0 Å². The van der Waals surface area contributed by atoms with Crippen molar-refractivity contribution in [1.29, 1.82) is 0 Å². The van der Waals surface area contributed by atoms with Gasteiger partial charge in [-0.05, 0) is 50.9 Å². The van der Waals surface area contributed by atoms with Gasteiger partial charge in [-0.2, -0.15) is 0 Å². The lowest BCUT2D eigenvalue weighted by Gasteiger charge is -2.29. The lowest BCUT2D eigenvalue weighted by Crippen LogP contribution is -2.29. The third kappa shape index (κ3) is 2.93. The van der Waals surface area contributed by atoms with Crippen LogP contribution in [0.1, 0.15) is 37.8 Å². The molecule has 1 N–H and O–H groups in total. The monoisotopic (exact) mass is 252 g/mol. The van der Waals surface area contributed by atoms with E-state index in [9.17, 15) is 0 Å². The van der Waals surface area contributed by atoms with Crippen LogP contribution in [0.2, 0.25) is 5.02 Å². The second kappa shape index (κ2) is 5.74. The lowest BCUT2D eigenvalue weighted by molar-refractivity contribution is 0.577. The molecular formula is C14H21ClN2. The molecule has 2 nitrogen and oxygen atoms in total. The van der Waals surface area contributed by atoms with E-state index in [1.807, 2.05) is 7.05 Å². The molecule has 0 aromatic heterocycles. The van der Waals surface area contributed by atoms with E-state index in [-0.39, 0.29) is 0 Å². The van der Waals surface area contributed by atoms with Crippen LogP contribution in [0.5, 0.6) is 0 Å². The Morgan fingerprint density at radius 1 is 1.24 bits per heavy atom. The maximum atomic E-state index is 6.36. The highest BCUT2D eigenvalue weighted by Crippen LogP contribution is 2.29. The fourth-order valence-electron chi connectivity index (χ4n) is 2.37. The Morgan fingerprint density at radius 3 is 2.53 bits per heavy atom. The number of hydrogen-bond acceptors (Lipinski definition) is 2. The summed E-state index contributed by atoms with van der Waals surface area (Å²) >= 11 is 6.36. The van der Waals surface area contributed by atoms with Crippen molar-refractivity contribution in [2.75, 3.05) is 25.0 Å². The van der Waals surface area contributed by atoms with E-state index in [0.29, 0.717) is 6.04 Å². The van der Waals surface area contributed by atoms with E-state index in [2.05, 4.69) is 35.3 Å². The summed E-state index contributed by atoms with van der Waals surface area (Å²) in [6.45, 7) is 4.45. The fourth-order valence-corrected chi connectivity index (χ4v) is 2.71. The molecule has 1 fully saturated rings. The van der Waals surface area contributed by atoms with Crippen LogP contribution in [-0.2, 0) is 0 Å². The maximum Gasteiger partial charge on any atom is 0.0474 e. The van der Waals surface area contributed by atoms with Crippen molar-refractivity contribution in [2.45, 2.75) is 32.2 Å². The molecule has 0 radical (unpaired) electrons. The summed E-state index contributed by atoms with van der Waals surface area (Å²) in [5, 5.41) is 4.09. The van der Waals surface area contributed by atoms with E-state index in [1.54, 1.807) is 0 Å². The summed E-state index contributed by atoms with van der Waals surface area (Å²) in [7, 11) is 1.96. The third-order valence-corrected chi connectivity index (χ3v) is 3.93. The standard InChI is InChI=1S/C14H21ClN2/c1-11(16-2)13-7-6-12(10-14(13)15)17-8-4-3-5-9-17/h6-7,10-11,16H,3-5,8-9H2,1-2H3. The van der Waals surface area contributed by atoms with Crippen molar-refractivity contribution in [2.24, 2.45) is 0 Å². The van der Waals surface area contributed by atoms with Gasteiger partial charge in [-0.25, -0.2) is 0 Å². The van der Waals surface area contributed by atoms with E-state index >= 15 is 0 Å². The van der Waals surface area contributed by atoms with E-state index in [4.69, 9.17) is 11.6 Å². The molecule has 1 aromatic rings. The van der Waals surface area contributed by atoms with Gasteiger partial charge in [0, 0.05) is 29.8 Å². The summed E-state index contributed by atoms with van der Waals surface area (Å²) in [4.78, 5) is 2.43. The van der Waals surface area contributed by atoms with Gasteiger partial charge in [0.25, 0.3) is 0 Å². The smallest absolute Gasteiger partial charge is 0.0474 e. The number of nitrogens with zero attached hydrogens (tertiary/aromatic N) is 1. The summed E-state index contributed by atoms with van der Waals surface area (Å²) in [5.41, 5.74) is 2.44. The Balaban J connectivity index is 2.17. The molecule has 1 unspecified atom stereocenters. The summed E-state index contributed by atoms with van der Waals surface area (Å²) < 4.78 is 0. The topological polar surface area (TPSA) is 15.3 Å². The summed E-state index contributed by atoms with van der Waals surface area (Å²) in [5.74, 6) is 0. The molecule has 1 heterocycles. The Morgan fingerprint density at radius 2 is 1.94 bits per heavy atom. The average Bonchev–Trinajstić information content (AvgIpc) is 2.39. The number of benzene rings is 1. The molecule has 0 saturated carbocycles. The SMILES string of the molecule is CNC(C)c1ccc(N2CCCCC2)cc1Cl. The highest BCUT2D eigenvalue weighted by atomic mass is 35.5. The molecular weight excluding hydrogens is 232 g/mol. The highest BCUT2D eigenvalue weighted by molar-refractivity contribution is 6.31. The van der Waals surface area contributed by atoms with Crippen LogP contribution in [-0.4, -0.2) is 20.1 Å². The van der Waals surface area contributed by atoms with Crippen molar-refractivity contribution in [3.8, 4) is 0 Å². The molecule has 1 aliphatic heterocycles. The molecule has 1 aliphatic rings. The number of halogens is 1. The predicted molar refractivity (Wildman–Crippen MR) is 75.0 cm³/mol. The van der Waals surface area contributed by atoms with E-state index in [1.165, 1.54) is 30.5 Å². The Bertz CT molecular complexity index is 372. The molecule has 1 atom stereocenters. The normalized spacial score (nSPS) is 18.2. The van der Waals surface area contributed by atoms with Gasteiger partial charge in [-0.1, -0.05) is 17.7 Å². The number of hydrogen-bond donors (Lipinski definition) is 1. The van der Waals surface area contributed by atoms with Gasteiger partial charge in [-0.3, -0.25) is 0 Å². The first kappa shape index (κ1) is 12.7. The van der Waals surface area contributed by atoms with Crippen LogP contribution in [0, 0.1) is 0 Å². The largest absolute Gasteiger partial charge is 0.371 e. The van der Waals surface area contributed by atoms with Gasteiger partial charge in [0.1, 0.15) is 0 Å². The zero-order valence-electron chi connectivity index (χ0n) is 10.7. The van der Waals surface area contributed by atoms with Crippen molar-refractivity contribution < 1.29 is 0 Å². The molecule has 1 aromatic carbocycles. The van der Waals surface area contributed by atoms with Crippen LogP contribution >= 0.6 is 11.6 Å². The number of nitrogens with one attached hydrogen (secondary N) is 1. The molecule has 1 saturated heterocycles. The fraction of sp³-hybridized carbons (Fsp3) is 0.571. The molecule has 0 spiro atoms. The van der Waals surface area contributed by atoms with Crippen LogP contribution in [0.3, 0.4) is 0 Å². The van der Waals surface area contributed by atoms with Crippen LogP contribution < -0.4 is 10.2 Å². The second-order valence-electron chi connectivity index (χ2n) is 4.76. The van der Waals surface area contributed by atoms with Crippen LogP contribution in [0.15, 0.2) is 18.2 Å². The van der Waals surface area contributed by atoms with E-state index < -0.39 is 0 Å². The van der Waals surface area contributed by atoms with Gasteiger partial charge < -0.3 is 10.2 Å². The number of anilines is 1. The van der Waals surface area contributed by atoms with Crippen molar-refractivity contribution in [1.82, 2.24) is 5.32 Å². The lowest BCUT2D eigenvalue weighted by atomic mass is 10.1. The minimum atomic E-state index is 0.304. The molecule has 0 bridgehead atoms. The molecule has 17 heavy (non-hydrogen) atoms. The van der Waals surface area contributed by atoms with Gasteiger partial charge in [0.15, 0.2) is 0 Å². The second-order valence-corrected chi connectivity index (χ2v) is 5.17. The van der Waals surface area contributed by atoms with Crippen molar-refractivity contribution in [3.05, 3.63) is 28.8 Å². The highest BCUT2D eigenvalue weighted by Gasteiger charge is 2.13. The minimum absolute atomic E-state index is 0.304. The Labute approximate surface area is 109 Å². The molecule has 0 amide bonds. The Kier molecular flexibility index (Phi) is 4.30. The summed E-state index contributed by atoms with van der Waals surface area (Å²) in [6, 6.07) is 6.75. The first-order valence-corrected chi connectivity index (χ1v) is 6.82. The van der Waals surface area contributed by atoms with Gasteiger partial charge in [0.05, 0.1) is 0 Å². The number of rotatable bonds is 3. The van der Waals surface area contributed by atoms with Crippen molar-refractivity contribution >= 4 is 17.3 Å². The molecule has 94 valence electrons. The Hall–Kier alpha value is -0.730. The van der Waals surface area contributed by atoms with Crippen molar-refractivity contribution in [3.63, 3.8) is 0 Å². The maximum absolute atomic E-state index is 6.36. The first-order valence-electron chi connectivity index (χ1n) is 6.44. The number of piperidine rings is 1. The zero-order chi connectivity index (χ0) is 12.3.